The van der Waals surface area contributed by atoms with Crippen molar-refractivity contribution < 1.29 is 4.74 Å². The third kappa shape index (κ3) is 4.04. The van der Waals surface area contributed by atoms with Gasteiger partial charge in [0.2, 0.25) is 0 Å². The number of nitriles is 1. The van der Waals surface area contributed by atoms with Crippen LogP contribution in [-0.4, -0.2) is 16.6 Å². The molecule has 1 unspecified atom stereocenters. The van der Waals surface area contributed by atoms with Gasteiger partial charge in [-0.15, -0.1) is 11.3 Å². The summed E-state index contributed by atoms with van der Waals surface area (Å²) in [7, 11) is 0. The summed E-state index contributed by atoms with van der Waals surface area (Å²) >= 11 is 3.20. The lowest BCUT2D eigenvalue weighted by atomic mass is 10.3. The molecule has 20 heavy (non-hydrogen) atoms. The molecular weight excluding hydrogens is 290 g/mol. The van der Waals surface area contributed by atoms with Crippen LogP contribution in [0.3, 0.4) is 0 Å². The van der Waals surface area contributed by atoms with Crippen LogP contribution in [0.5, 0.6) is 0 Å². The van der Waals surface area contributed by atoms with E-state index in [2.05, 4.69) is 16.0 Å². The van der Waals surface area contributed by atoms with Crippen LogP contribution in [0.2, 0.25) is 0 Å². The van der Waals surface area contributed by atoms with Crippen LogP contribution in [0.25, 0.3) is 0 Å². The number of thiazole rings is 1. The van der Waals surface area contributed by atoms with E-state index in [-0.39, 0.29) is 6.10 Å². The van der Waals surface area contributed by atoms with Crippen molar-refractivity contribution in [3.05, 3.63) is 40.0 Å². The highest BCUT2D eigenvalue weighted by Gasteiger charge is 2.10. The average molecular weight is 305 g/mol. The Labute approximate surface area is 126 Å². The maximum Gasteiger partial charge on any atom is 0.122 e. The first-order valence-corrected chi connectivity index (χ1v) is 8.14. The van der Waals surface area contributed by atoms with E-state index < -0.39 is 0 Å². The summed E-state index contributed by atoms with van der Waals surface area (Å²) in [6.45, 7) is 4.68. The molecular formula is C14H15N3OS2. The van der Waals surface area contributed by atoms with Gasteiger partial charge in [0.25, 0.3) is 0 Å². The van der Waals surface area contributed by atoms with E-state index in [0.29, 0.717) is 12.2 Å². The molecule has 0 radical (unpaired) electrons. The minimum absolute atomic E-state index is 0.0452. The quantitative estimate of drug-likeness (QED) is 0.760. The third-order valence-corrected chi connectivity index (χ3v) is 4.58. The van der Waals surface area contributed by atoms with Crippen molar-refractivity contribution in [3.63, 3.8) is 0 Å². The molecule has 2 aromatic heterocycles. The molecule has 2 rings (SSSR count). The van der Waals surface area contributed by atoms with Gasteiger partial charge in [-0.2, -0.15) is 5.26 Å². The van der Waals surface area contributed by atoms with Gasteiger partial charge in [-0.1, -0.05) is 11.8 Å². The molecule has 0 aliphatic rings. The maximum absolute atomic E-state index is 8.85. The summed E-state index contributed by atoms with van der Waals surface area (Å²) in [6.07, 6.45) is 1.70. The number of nitrogens with zero attached hydrogens (tertiary/aromatic N) is 3. The van der Waals surface area contributed by atoms with Gasteiger partial charge < -0.3 is 4.74 Å². The van der Waals surface area contributed by atoms with Crippen LogP contribution >= 0.6 is 23.1 Å². The highest BCUT2D eigenvalue weighted by molar-refractivity contribution is 7.98. The number of aromatic nitrogens is 2. The van der Waals surface area contributed by atoms with Gasteiger partial charge in [0.05, 0.1) is 22.4 Å². The zero-order valence-corrected chi connectivity index (χ0v) is 13.0. The Morgan fingerprint density at radius 2 is 2.40 bits per heavy atom. The standard InChI is InChI=1S/C14H15N3OS2/c1-3-18-10(2)14-17-12(9-20-14)8-19-13-6-11(7-15)4-5-16-13/h4-6,9-10H,3,8H2,1-2H3. The van der Waals surface area contributed by atoms with Gasteiger partial charge in [-0.25, -0.2) is 9.97 Å². The lowest BCUT2D eigenvalue weighted by molar-refractivity contribution is 0.0761. The van der Waals surface area contributed by atoms with Crippen LogP contribution in [-0.2, 0) is 10.5 Å². The number of hydrogen-bond acceptors (Lipinski definition) is 6. The topological polar surface area (TPSA) is 58.8 Å². The van der Waals surface area contributed by atoms with E-state index in [0.717, 1.165) is 21.5 Å². The summed E-state index contributed by atoms with van der Waals surface area (Å²) in [5.41, 5.74) is 1.65. The molecule has 0 bridgehead atoms. The summed E-state index contributed by atoms with van der Waals surface area (Å²) in [5.74, 6) is 0.747. The van der Waals surface area contributed by atoms with E-state index in [1.165, 1.54) is 0 Å². The Hall–Kier alpha value is -1.42. The molecule has 0 aliphatic carbocycles. The number of thioether (sulfide) groups is 1. The normalized spacial score (nSPS) is 12.1. The van der Waals surface area contributed by atoms with Crippen LogP contribution in [0, 0.1) is 11.3 Å². The van der Waals surface area contributed by atoms with E-state index in [9.17, 15) is 0 Å². The van der Waals surface area contributed by atoms with Crippen LogP contribution in [0.1, 0.15) is 36.2 Å². The second kappa shape index (κ2) is 7.39. The van der Waals surface area contributed by atoms with Gasteiger partial charge >= 0.3 is 0 Å². The molecule has 0 aromatic carbocycles. The molecule has 104 valence electrons. The largest absolute Gasteiger partial charge is 0.372 e. The first-order chi connectivity index (χ1) is 9.72. The summed E-state index contributed by atoms with van der Waals surface area (Å²) in [5, 5.41) is 12.7. The predicted octanol–water partition coefficient (Wildman–Crippen LogP) is 3.80. The average Bonchev–Trinajstić information content (AvgIpc) is 2.94. The van der Waals surface area contributed by atoms with E-state index >= 15 is 0 Å². The fourth-order valence-electron chi connectivity index (χ4n) is 1.60. The minimum Gasteiger partial charge on any atom is -0.372 e. The van der Waals surface area contributed by atoms with Crippen molar-refractivity contribution in [1.29, 1.82) is 5.26 Å². The molecule has 0 aliphatic heterocycles. The van der Waals surface area contributed by atoms with Crippen LogP contribution < -0.4 is 0 Å². The van der Waals surface area contributed by atoms with Crippen molar-refractivity contribution in [2.75, 3.05) is 6.61 Å². The first kappa shape index (κ1) is 15.0. The van der Waals surface area contributed by atoms with E-state index in [4.69, 9.17) is 10.00 Å². The summed E-state index contributed by atoms with van der Waals surface area (Å²) in [4.78, 5) is 8.80. The number of pyridine rings is 1. The molecule has 4 nitrogen and oxygen atoms in total. The van der Waals surface area contributed by atoms with Gasteiger partial charge in [0.15, 0.2) is 0 Å². The zero-order chi connectivity index (χ0) is 14.4. The molecule has 2 aromatic rings. The molecule has 0 spiro atoms. The number of ether oxygens (including phenoxy) is 1. The zero-order valence-electron chi connectivity index (χ0n) is 11.4. The molecule has 1 atom stereocenters. The number of hydrogen-bond donors (Lipinski definition) is 0. The lowest BCUT2D eigenvalue weighted by Gasteiger charge is -2.06. The highest BCUT2D eigenvalue weighted by atomic mass is 32.2. The Morgan fingerprint density at radius 3 is 3.15 bits per heavy atom. The van der Waals surface area contributed by atoms with Crippen molar-refractivity contribution in [3.8, 4) is 6.07 Å². The van der Waals surface area contributed by atoms with Gasteiger partial charge in [-0.05, 0) is 26.0 Å². The molecule has 0 saturated heterocycles. The van der Waals surface area contributed by atoms with Gasteiger partial charge in [0, 0.05) is 23.9 Å². The van der Waals surface area contributed by atoms with E-state index in [1.54, 1.807) is 41.4 Å². The SMILES string of the molecule is CCOC(C)c1nc(CSc2cc(C#N)ccn2)cs1. The predicted molar refractivity (Wildman–Crippen MR) is 80.7 cm³/mol. The van der Waals surface area contributed by atoms with Crippen LogP contribution in [0.4, 0.5) is 0 Å². The van der Waals surface area contributed by atoms with Crippen LogP contribution in [0.15, 0.2) is 28.7 Å². The Kier molecular flexibility index (Phi) is 5.53. The fourth-order valence-corrected chi connectivity index (χ4v) is 3.32. The molecule has 0 fully saturated rings. The fraction of sp³-hybridized carbons (Fsp3) is 0.357. The second-order valence-electron chi connectivity index (χ2n) is 4.06. The summed E-state index contributed by atoms with van der Waals surface area (Å²) in [6, 6.07) is 5.61. The summed E-state index contributed by atoms with van der Waals surface area (Å²) < 4.78 is 5.53. The monoisotopic (exact) mass is 305 g/mol. The van der Waals surface area contributed by atoms with Crippen molar-refractivity contribution in [1.82, 2.24) is 9.97 Å². The van der Waals surface area contributed by atoms with Crippen molar-refractivity contribution >= 4 is 23.1 Å². The smallest absolute Gasteiger partial charge is 0.122 e. The molecule has 6 heteroatoms. The lowest BCUT2D eigenvalue weighted by Crippen LogP contribution is -1.98. The van der Waals surface area contributed by atoms with Crippen molar-refractivity contribution in [2.24, 2.45) is 0 Å². The van der Waals surface area contributed by atoms with Crippen molar-refractivity contribution in [2.45, 2.75) is 30.7 Å². The van der Waals surface area contributed by atoms with Gasteiger partial charge in [-0.3, -0.25) is 0 Å². The molecule has 0 amide bonds. The third-order valence-electron chi connectivity index (χ3n) is 2.57. The highest BCUT2D eigenvalue weighted by Crippen LogP contribution is 2.25. The number of rotatable bonds is 6. The second-order valence-corrected chi connectivity index (χ2v) is 5.94. The molecule has 0 N–H and O–H groups in total. The van der Waals surface area contributed by atoms with Gasteiger partial charge in [0.1, 0.15) is 11.1 Å². The molecule has 2 heterocycles. The first-order valence-electron chi connectivity index (χ1n) is 6.27. The van der Waals surface area contributed by atoms with E-state index in [1.807, 2.05) is 19.2 Å². The Bertz CT molecular complexity index is 606. The molecule has 0 saturated carbocycles. The Balaban J connectivity index is 1.95. The maximum atomic E-state index is 8.85. The Morgan fingerprint density at radius 1 is 1.55 bits per heavy atom. The minimum atomic E-state index is 0.0452.